The highest BCUT2D eigenvalue weighted by Crippen LogP contribution is 2.38. The Hall–Kier alpha value is -2.14. The number of aryl methyl sites for hydroxylation is 1. The lowest BCUT2D eigenvalue weighted by Gasteiger charge is -2.34. The molecule has 4 nitrogen and oxygen atoms in total. The van der Waals surface area contributed by atoms with Crippen LogP contribution >= 0.6 is 12.4 Å². The number of pyridine rings is 1. The van der Waals surface area contributed by atoms with Crippen molar-refractivity contribution in [3.63, 3.8) is 0 Å². The molecule has 1 aliphatic rings. The number of fused-ring (bicyclic) bond motifs is 2. The quantitative estimate of drug-likeness (QED) is 0.718. The van der Waals surface area contributed by atoms with Crippen molar-refractivity contribution in [2.75, 3.05) is 21.2 Å². The normalized spacial score (nSPS) is 18.6. The van der Waals surface area contributed by atoms with Crippen LogP contribution in [0.2, 0.25) is 0 Å². The Bertz CT molecular complexity index is 989. The van der Waals surface area contributed by atoms with E-state index in [0.717, 1.165) is 46.4 Å². The lowest BCUT2D eigenvalue weighted by atomic mass is 9.78. The van der Waals surface area contributed by atoms with E-state index in [0.29, 0.717) is 12.8 Å². The number of hydrogen-bond acceptors (Lipinski definition) is 4. The zero-order chi connectivity index (χ0) is 19.0. The maximum Gasteiger partial charge on any atom is 0.123 e. The largest absolute Gasteiger partial charge is 0.496 e. The lowest BCUT2D eigenvalue weighted by Crippen LogP contribution is -2.33. The maximum atomic E-state index is 11.4. The molecule has 2 aromatic carbocycles. The molecule has 1 aliphatic carbocycles. The van der Waals surface area contributed by atoms with E-state index in [4.69, 9.17) is 9.72 Å². The molecular weight excluding hydrogens is 372 g/mol. The highest BCUT2D eigenvalue weighted by molar-refractivity contribution is 5.85. The van der Waals surface area contributed by atoms with Gasteiger partial charge >= 0.3 is 0 Å². The summed E-state index contributed by atoms with van der Waals surface area (Å²) in [5.74, 6) is 0.826. The minimum atomic E-state index is -0.910. The van der Waals surface area contributed by atoms with Gasteiger partial charge in [0.25, 0.3) is 0 Å². The van der Waals surface area contributed by atoms with Crippen LogP contribution in [0.5, 0.6) is 5.75 Å². The first-order valence-electron chi connectivity index (χ1n) is 9.40. The van der Waals surface area contributed by atoms with Crippen molar-refractivity contribution in [2.45, 2.75) is 31.4 Å². The molecule has 1 heterocycles. The minimum Gasteiger partial charge on any atom is -0.496 e. The van der Waals surface area contributed by atoms with Gasteiger partial charge in [0, 0.05) is 29.6 Å². The number of rotatable bonds is 4. The summed E-state index contributed by atoms with van der Waals surface area (Å²) in [6.07, 6.45) is 2.05. The summed E-state index contributed by atoms with van der Waals surface area (Å²) in [4.78, 5) is 6.95. The maximum absolute atomic E-state index is 11.4. The molecule has 0 amide bonds. The summed E-state index contributed by atoms with van der Waals surface area (Å²) < 4.78 is 5.60. The number of aromatic nitrogens is 1. The van der Waals surface area contributed by atoms with Gasteiger partial charge in [-0.3, -0.25) is 4.98 Å². The van der Waals surface area contributed by atoms with Crippen molar-refractivity contribution in [2.24, 2.45) is 0 Å². The second-order valence-corrected chi connectivity index (χ2v) is 7.76. The fraction of sp³-hybridized carbons (Fsp3) is 0.348. The lowest BCUT2D eigenvalue weighted by molar-refractivity contribution is 0.0209. The van der Waals surface area contributed by atoms with E-state index in [2.05, 4.69) is 23.1 Å². The number of nitrogens with zero attached hydrogens (tertiary/aromatic N) is 2. The first-order chi connectivity index (χ1) is 13.0. The van der Waals surface area contributed by atoms with Crippen LogP contribution in [0.4, 0.5) is 0 Å². The Morgan fingerprint density at radius 1 is 1.14 bits per heavy atom. The predicted molar refractivity (Wildman–Crippen MR) is 115 cm³/mol. The van der Waals surface area contributed by atoms with Crippen LogP contribution in [0.15, 0.2) is 48.5 Å². The molecule has 5 heteroatoms. The molecule has 0 saturated carbocycles. The third-order valence-corrected chi connectivity index (χ3v) is 5.47. The van der Waals surface area contributed by atoms with Crippen molar-refractivity contribution < 1.29 is 9.84 Å². The molecule has 4 rings (SSSR count). The summed E-state index contributed by atoms with van der Waals surface area (Å²) in [7, 11) is 5.76. The Morgan fingerprint density at radius 2 is 1.93 bits per heavy atom. The van der Waals surface area contributed by atoms with Crippen LogP contribution in [0.1, 0.15) is 28.8 Å². The van der Waals surface area contributed by atoms with Gasteiger partial charge in [0.2, 0.25) is 0 Å². The standard InChI is InChI=1S/C23H26N2O2.ClH/c1-25(2)15-18-8-9-19(13-22(18)27-3)23(26)11-10-17-12-16-6-4-5-7-20(16)24-21(17)14-23;/h4-9,12-13,26H,10-11,14-15H2,1-3H3;1H. The zero-order valence-electron chi connectivity index (χ0n) is 16.6. The van der Waals surface area contributed by atoms with E-state index >= 15 is 0 Å². The molecule has 0 fully saturated rings. The molecule has 0 aliphatic heterocycles. The molecule has 28 heavy (non-hydrogen) atoms. The first kappa shape index (κ1) is 20.6. The molecule has 1 unspecified atom stereocenters. The molecule has 148 valence electrons. The Morgan fingerprint density at radius 3 is 2.68 bits per heavy atom. The molecule has 0 saturated heterocycles. The number of methoxy groups -OCH3 is 1. The van der Waals surface area contributed by atoms with Gasteiger partial charge in [0.15, 0.2) is 0 Å². The number of hydrogen-bond donors (Lipinski definition) is 1. The summed E-state index contributed by atoms with van der Waals surface area (Å²) in [5, 5.41) is 12.6. The number of para-hydroxylation sites is 1. The topological polar surface area (TPSA) is 45.6 Å². The number of ether oxygens (including phenoxy) is 1. The molecule has 3 aromatic rings. The van der Waals surface area contributed by atoms with Gasteiger partial charge < -0.3 is 14.7 Å². The van der Waals surface area contributed by atoms with Crippen LogP contribution in [-0.2, 0) is 25.0 Å². The fourth-order valence-corrected chi connectivity index (χ4v) is 4.03. The molecule has 0 spiro atoms. The van der Waals surface area contributed by atoms with Crippen molar-refractivity contribution in [1.82, 2.24) is 9.88 Å². The van der Waals surface area contributed by atoms with E-state index in [1.54, 1.807) is 7.11 Å². The number of aliphatic hydroxyl groups is 1. The second-order valence-electron chi connectivity index (χ2n) is 7.76. The van der Waals surface area contributed by atoms with Crippen molar-refractivity contribution >= 4 is 23.3 Å². The molecule has 0 bridgehead atoms. The molecule has 1 atom stereocenters. The Labute approximate surface area is 172 Å². The van der Waals surface area contributed by atoms with Crippen LogP contribution in [0, 0.1) is 0 Å². The van der Waals surface area contributed by atoms with Gasteiger partial charge in [-0.15, -0.1) is 12.4 Å². The van der Waals surface area contributed by atoms with Gasteiger partial charge in [-0.2, -0.15) is 0 Å². The van der Waals surface area contributed by atoms with E-state index in [1.165, 1.54) is 5.56 Å². The number of benzene rings is 2. The summed E-state index contributed by atoms with van der Waals surface area (Å²) >= 11 is 0. The van der Waals surface area contributed by atoms with Gasteiger partial charge in [-0.05, 0) is 56.3 Å². The first-order valence-corrected chi connectivity index (χ1v) is 9.40. The van der Waals surface area contributed by atoms with Crippen LogP contribution < -0.4 is 4.74 Å². The second kappa shape index (κ2) is 8.08. The van der Waals surface area contributed by atoms with Crippen molar-refractivity contribution in [3.8, 4) is 5.75 Å². The van der Waals surface area contributed by atoms with E-state index in [9.17, 15) is 5.11 Å². The highest BCUT2D eigenvalue weighted by atomic mass is 35.5. The van der Waals surface area contributed by atoms with Crippen LogP contribution in [0.3, 0.4) is 0 Å². The molecular formula is C23H27ClN2O2. The summed E-state index contributed by atoms with van der Waals surface area (Å²) in [6, 6.07) is 16.5. The average molecular weight is 399 g/mol. The van der Waals surface area contributed by atoms with E-state index in [-0.39, 0.29) is 12.4 Å². The van der Waals surface area contributed by atoms with E-state index < -0.39 is 5.60 Å². The molecule has 0 radical (unpaired) electrons. The van der Waals surface area contributed by atoms with Gasteiger partial charge in [-0.25, -0.2) is 0 Å². The summed E-state index contributed by atoms with van der Waals surface area (Å²) in [5.41, 5.74) is 4.34. The summed E-state index contributed by atoms with van der Waals surface area (Å²) in [6.45, 7) is 0.804. The fourth-order valence-electron chi connectivity index (χ4n) is 4.03. The minimum absolute atomic E-state index is 0. The van der Waals surface area contributed by atoms with Gasteiger partial charge in [-0.1, -0.05) is 30.3 Å². The third kappa shape index (κ3) is 3.86. The average Bonchev–Trinajstić information content (AvgIpc) is 2.66. The Balaban J connectivity index is 0.00000225. The van der Waals surface area contributed by atoms with Gasteiger partial charge in [0.1, 0.15) is 5.75 Å². The smallest absolute Gasteiger partial charge is 0.123 e. The predicted octanol–water partition coefficient (Wildman–Crippen LogP) is 4.10. The van der Waals surface area contributed by atoms with E-state index in [1.807, 2.05) is 44.4 Å². The Kier molecular flexibility index (Phi) is 5.94. The van der Waals surface area contributed by atoms with Gasteiger partial charge in [0.05, 0.1) is 18.2 Å². The third-order valence-electron chi connectivity index (χ3n) is 5.47. The van der Waals surface area contributed by atoms with Crippen molar-refractivity contribution in [3.05, 3.63) is 70.9 Å². The highest BCUT2D eigenvalue weighted by Gasteiger charge is 2.35. The van der Waals surface area contributed by atoms with Crippen LogP contribution in [0.25, 0.3) is 10.9 Å². The number of halogens is 1. The zero-order valence-corrected chi connectivity index (χ0v) is 17.4. The SMILES string of the molecule is COc1cc(C2(O)CCc3cc4ccccc4nc3C2)ccc1CN(C)C.Cl. The molecule has 1 N–H and O–H groups in total. The monoisotopic (exact) mass is 398 g/mol. The van der Waals surface area contributed by atoms with Crippen molar-refractivity contribution in [1.29, 1.82) is 0 Å². The molecule has 1 aromatic heterocycles. The van der Waals surface area contributed by atoms with Crippen LogP contribution in [-0.4, -0.2) is 36.2 Å².